The number of halogens is 5. The van der Waals surface area contributed by atoms with Crippen LogP contribution in [0.5, 0.6) is 0 Å². The van der Waals surface area contributed by atoms with Crippen molar-refractivity contribution in [2.75, 3.05) is 11.9 Å². The van der Waals surface area contributed by atoms with Crippen molar-refractivity contribution in [2.24, 2.45) is 9.36 Å². The second-order valence-electron chi connectivity index (χ2n) is 12.2. The van der Waals surface area contributed by atoms with Crippen molar-refractivity contribution in [3.63, 3.8) is 0 Å². The van der Waals surface area contributed by atoms with Crippen LogP contribution in [0.2, 0.25) is 10.0 Å². The number of alkyl carbamates (subject to hydrolysis) is 1. The molecule has 2 N–H and O–H groups in total. The summed E-state index contributed by atoms with van der Waals surface area (Å²) in [5.74, 6) is -5.62. The Labute approximate surface area is 257 Å². The van der Waals surface area contributed by atoms with E-state index in [9.17, 15) is 13.8 Å². The smallest absolute Gasteiger partial charge is 0.413 e. The molecule has 2 aliphatic heterocycles. The zero-order chi connectivity index (χ0) is 32.4. The lowest BCUT2D eigenvalue weighted by Crippen LogP contribution is -2.70. The van der Waals surface area contributed by atoms with Gasteiger partial charge in [-0.2, -0.15) is 0 Å². The van der Waals surface area contributed by atoms with E-state index in [1.807, 2.05) is 0 Å². The number of hydrogen-bond acceptors (Lipinski definition) is 8. The molecule has 0 fully saturated rings. The summed E-state index contributed by atoms with van der Waals surface area (Å²) in [7, 11) is -3.77. The number of alkyl halides is 2. The van der Waals surface area contributed by atoms with E-state index in [0.29, 0.717) is 0 Å². The van der Waals surface area contributed by atoms with Crippen LogP contribution in [0.4, 0.5) is 23.8 Å². The van der Waals surface area contributed by atoms with E-state index in [2.05, 4.69) is 30.0 Å². The molecule has 0 aliphatic carbocycles. The highest BCUT2D eigenvalue weighted by molar-refractivity contribution is 7.97. The zero-order valence-corrected chi connectivity index (χ0v) is 26.8. The minimum absolute atomic E-state index is 0.0606. The van der Waals surface area contributed by atoms with Crippen molar-refractivity contribution in [2.45, 2.75) is 81.4 Å². The van der Waals surface area contributed by atoms with Crippen LogP contribution in [0.15, 0.2) is 33.8 Å². The molecule has 0 radical (unpaired) electrons. The summed E-state index contributed by atoms with van der Waals surface area (Å²) in [5, 5.41) is 5.08. The summed E-state index contributed by atoms with van der Waals surface area (Å²) in [6.07, 6.45) is -0.723. The standard InChI is InChI=1S/C27H31Cl2F3N6O4S/c1-23(2,3)42-22(40)37-21-24(4,5)43(41)25(6,12-27(31,32)13-34-43)26(7,38-21)19-16(30)8-9-17(35-19)36-20(39)18-15(29)10-14(28)11-33-18/h8-11H,12-13H2,1-7H3,(H,35,36,39)(H,37,38,40)/t25-,26-,43+/m1/s1. The first-order valence-electron chi connectivity index (χ1n) is 13.0. The van der Waals surface area contributed by atoms with Crippen molar-refractivity contribution < 1.29 is 31.7 Å². The van der Waals surface area contributed by atoms with Gasteiger partial charge in [0.1, 0.15) is 51.3 Å². The molecule has 0 saturated carbocycles. The van der Waals surface area contributed by atoms with Gasteiger partial charge in [0, 0.05) is 12.6 Å². The molecule has 3 atom stereocenters. The molecule has 0 saturated heterocycles. The lowest BCUT2D eigenvalue weighted by atomic mass is 9.78. The molecular weight excluding hydrogens is 632 g/mol. The molecule has 43 heavy (non-hydrogen) atoms. The molecule has 0 aromatic carbocycles. The Morgan fingerprint density at radius 3 is 2.35 bits per heavy atom. The summed E-state index contributed by atoms with van der Waals surface area (Å²) in [5.41, 5.74) is -3.73. The van der Waals surface area contributed by atoms with Gasteiger partial charge in [-0.15, -0.1) is 0 Å². The minimum Gasteiger partial charge on any atom is -0.444 e. The second-order valence-corrected chi connectivity index (χ2v) is 16.3. The van der Waals surface area contributed by atoms with Gasteiger partial charge in [0.05, 0.1) is 24.5 Å². The predicted molar refractivity (Wildman–Crippen MR) is 158 cm³/mol. The summed E-state index contributed by atoms with van der Waals surface area (Å²) < 4.78 is 66.5. The van der Waals surface area contributed by atoms with E-state index in [4.69, 9.17) is 27.9 Å². The van der Waals surface area contributed by atoms with E-state index in [1.54, 1.807) is 20.8 Å². The number of anilines is 1. The second kappa shape index (κ2) is 10.6. The molecule has 0 spiro atoms. The molecule has 4 rings (SSSR count). The summed E-state index contributed by atoms with van der Waals surface area (Å²) in [4.78, 5) is 38.5. The SMILES string of the molecule is CC(C)(C)OC(=O)NC1=N[C@](C)(c2nc(NC(=O)c3ncc(Cl)cc3Cl)ccc2F)[C@@]2(C)CC(F)(F)CN=[S@]2(=O)C1(C)C. The number of amides is 2. The van der Waals surface area contributed by atoms with Crippen LogP contribution in [0.25, 0.3) is 0 Å². The molecule has 0 unspecified atom stereocenters. The first kappa shape index (κ1) is 32.9. The van der Waals surface area contributed by atoms with Crippen LogP contribution in [-0.2, 0) is 20.0 Å². The van der Waals surface area contributed by atoms with Crippen LogP contribution in [0.3, 0.4) is 0 Å². The van der Waals surface area contributed by atoms with Gasteiger partial charge in [0.15, 0.2) is 0 Å². The molecule has 2 aromatic rings. The highest BCUT2D eigenvalue weighted by Gasteiger charge is 2.68. The average Bonchev–Trinajstić information content (AvgIpc) is 2.84. The van der Waals surface area contributed by atoms with Crippen molar-refractivity contribution in [1.82, 2.24) is 15.3 Å². The van der Waals surface area contributed by atoms with E-state index < -0.39 is 72.8 Å². The lowest BCUT2D eigenvalue weighted by molar-refractivity contribution is -0.0202. The fourth-order valence-corrected chi connectivity index (χ4v) is 9.26. The van der Waals surface area contributed by atoms with Gasteiger partial charge in [0.25, 0.3) is 11.8 Å². The first-order chi connectivity index (χ1) is 19.6. The van der Waals surface area contributed by atoms with Crippen molar-refractivity contribution in [3.05, 3.63) is 51.6 Å². The van der Waals surface area contributed by atoms with Crippen molar-refractivity contribution in [1.29, 1.82) is 0 Å². The van der Waals surface area contributed by atoms with Gasteiger partial charge in [-0.25, -0.2) is 36.5 Å². The number of amidine groups is 1. The molecule has 0 bridgehead atoms. The van der Waals surface area contributed by atoms with Gasteiger partial charge in [-0.05, 0) is 66.7 Å². The quantitative estimate of drug-likeness (QED) is 0.392. The monoisotopic (exact) mass is 662 g/mol. The van der Waals surface area contributed by atoms with E-state index >= 15 is 13.2 Å². The van der Waals surface area contributed by atoms with Gasteiger partial charge in [0.2, 0.25) is 0 Å². The molecule has 16 heteroatoms. The minimum atomic E-state index is -3.77. The van der Waals surface area contributed by atoms with Crippen LogP contribution in [0, 0.1) is 5.82 Å². The Balaban J connectivity index is 1.91. The number of aliphatic imine (C=N–C) groups is 1. The topological polar surface area (TPSA) is 135 Å². The number of carbonyl (C=O) groups is 2. The molecule has 10 nitrogen and oxygen atoms in total. The maximum absolute atomic E-state index is 15.7. The fourth-order valence-electron chi connectivity index (χ4n) is 5.24. The summed E-state index contributed by atoms with van der Waals surface area (Å²) >= 11 is 11.9. The van der Waals surface area contributed by atoms with Crippen LogP contribution < -0.4 is 10.6 Å². The molecule has 2 aromatic heterocycles. The normalized spacial score (nSPS) is 27.7. The third-order valence-electron chi connectivity index (χ3n) is 7.50. The van der Waals surface area contributed by atoms with E-state index in [1.165, 1.54) is 40.0 Å². The van der Waals surface area contributed by atoms with Gasteiger partial charge < -0.3 is 10.1 Å². The highest BCUT2D eigenvalue weighted by Crippen LogP contribution is 2.57. The first-order valence-corrected chi connectivity index (χ1v) is 15.3. The summed E-state index contributed by atoms with van der Waals surface area (Å²) in [6.45, 7) is 9.36. The maximum atomic E-state index is 15.7. The maximum Gasteiger partial charge on any atom is 0.413 e. The Morgan fingerprint density at radius 2 is 1.74 bits per heavy atom. The number of carbonyl (C=O) groups excluding carboxylic acids is 2. The summed E-state index contributed by atoms with van der Waals surface area (Å²) in [6, 6.07) is 3.40. The third-order valence-corrected chi connectivity index (χ3v) is 11.8. The highest BCUT2D eigenvalue weighted by atomic mass is 35.5. The molecule has 2 aliphatic rings. The van der Waals surface area contributed by atoms with Crippen molar-refractivity contribution in [3.8, 4) is 0 Å². The van der Waals surface area contributed by atoms with Gasteiger partial charge in [-0.3, -0.25) is 15.1 Å². The molecule has 234 valence electrons. The van der Waals surface area contributed by atoms with Crippen LogP contribution >= 0.6 is 23.2 Å². The average molecular weight is 664 g/mol. The Morgan fingerprint density at radius 1 is 1.09 bits per heavy atom. The van der Waals surface area contributed by atoms with Crippen LogP contribution in [0.1, 0.15) is 71.1 Å². The van der Waals surface area contributed by atoms with E-state index in [-0.39, 0.29) is 27.4 Å². The number of fused-ring (bicyclic) bond motifs is 1. The van der Waals surface area contributed by atoms with Gasteiger partial charge in [-0.1, -0.05) is 23.2 Å². The number of aromatic nitrogens is 2. The number of ether oxygens (including phenoxy) is 1. The Hall–Kier alpha value is -2.97. The predicted octanol–water partition coefficient (Wildman–Crippen LogP) is 6.37. The number of nitrogens with zero attached hydrogens (tertiary/aromatic N) is 4. The number of nitrogens with one attached hydrogen (secondary N) is 2. The number of hydrogen-bond donors (Lipinski definition) is 2. The fraction of sp³-hybridized carbons (Fsp3) is 0.519. The lowest BCUT2D eigenvalue weighted by Gasteiger charge is -2.55. The zero-order valence-electron chi connectivity index (χ0n) is 24.4. The largest absolute Gasteiger partial charge is 0.444 e. The Kier molecular flexibility index (Phi) is 8.11. The van der Waals surface area contributed by atoms with Crippen molar-refractivity contribution >= 4 is 56.6 Å². The molecule has 2 amide bonds. The number of pyridine rings is 2. The van der Waals surface area contributed by atoms with Gasteiger partial charge >= 0.3 is 6.09 Å². The van der Waals surface area contributed by atoms with E-state index in [0.717, 1.165) is 12.1 Å². The Bertz CT molecular complexity index is 1670. The molecular formula is C27H31Cl2F3N6O4S. The third kappa shape index (κ3) is 5.68. The molecule has 4 heterocycles. The van der Waals surface area contributed by atoms with Crippen LogP contribution in [-0.4, -0.2) is 59.6 Å². The number of rotatable bonds is 3.